The summed E-state index contributed by atoms with van der Waals surface area (Å²) in [4.78, 5) is 24.3. The molecule has 0 heterocycles. The molecule has 0 aromatic heterocycles. The van der Waals surface area contributed by atoms with E-state index in [1.807, 2.05) is 0 Å². The summed E-state index contributed by atoms with van der Waals surface area (Å²) in [5, 5.41) is 31.0. The molecule has 6 nitrogen and oxygen atoms in total. The lowest BCUT2D eigenvalue weighted by Crippen LogP contribution is -2.28. The second kappa shape index (κ2) is 7.64. The van der Waals surface area contributed by atoms with Crippen LogP contribution in [0.4, 0.5) is 14.5 Å². The number of hydrogen-bond acceptors (Lipinski definition) is 4. The van der Waals surface area contributed by atoms with Gasteiger partial charge in [-0.05, 0) is 78.4 Å². The van der Waals surface area contributed by atoms with Crippen LogP contribution in [-0.2, 0) is 10.2 Å². The van der Waals surface area contributed by atoms with Crippen LogP contribution >= 0.6 is 0 Å². The van der Waals surface area contributed by atoms with Gasteiger partial charge in [0.25, 0.3) is 0 Å². The maximum Gasteiger partial charge on any atom is 0.338 e. The molecule has 1 aliphatic carbocycles. The molecule has 0 spiro atoms. The van der Waals surface area contributed by atoms with Crippen LogP contribution in [0.1, 0.15) is 34.3 Å². The third-order valence-corrected chi connectivity index (χ3v) is 5.78. The van der Waals surface area contributed by atoms with Crippen LogP contribution in [0, 0.1) is 18.6 Å². The van der Waals surface area contributed by atoms with Gasteiger partial charge >= 0.3 is 5.97 Å². The number of carboxylic acids is 1. The van der Waals surface area contributed by atoms with E-state index < -0.39 is 34.5 Å². The van der Waals surface area contributed by atoms with Crippen molar-refractivity contribution in [3.63, 3.8) is 0 Å². The number of aryl methyl sites for hydroxylation is 1. The van der Waals surface area contributed by atoms with Crippen molar-refractivity contribution >= 4 is 17.6 Å². The van der Waals surface area contributed by atoms with E-state index in [4.69, 9.17) is 0 Å². The van der Waals surface area contributed by atoms with Crippen molar-refractivity contribution < 1.29 is 33.7 Å². The molecule has 4 rings (SSSR count). The van der Waals surface area contributed by atoms with E-state index >= 15 is 0 Å². The minimum atomic E-state index is -1.43. The van der Waals surface area contributed by atoms with Gasteiger partial charge < -0.3 is 20.6 Å². The van der Waals surface area contributed by atoms with Crippen LogP contribution < -0.4 is 5.32 Å². The Bertz CT molecular complexity index is 1270. The van der Waals surface area contributed by atoms with E-state index in [1.54, 1.807) is 6.92 Å². The lowest BCUT2D eigenvalue weighted by atomic mass is 9.94. The van der Waals surface area contributed by atoms with Crippen molar-refractivity contribution in [2.75, 3.05) is 5.32 Å². The average molecular weight is 439 g/mol. The highest BCUT2D eigenvalue weighted by molar-refractivity contribution is 6.02. The SMILES string of the molecule is Cc1cc(F)c(NC(=O)C2(c3ccc(O)c(O)c3)CC2)cc1-c1ccc(F)c(C(=O)O)c1. The third-order valence-electron chi connectivity index (χ3n) is 5.78. The van der Waals surface area contributed by atoms with Crippen LogP contribution in [-0.4, -0.2) is 27.2 Å². The molecular formula is C24H19F2NO5. The highest BCUT2D eigenvalue weighted by Crippen LogP contribution is 2.50. The number of phenolic OH excluding ortho intramolecular Hbond substituents is 2. The van der Waals surface area contributed by atoms with Crippen LogP contribution in [0.3, 0.4) is 0 Å². The van der Waals surface area contributed by atoms with Gasteiger partial charge in [-0.2, -0.15) is 0 Å². The Morgan fingerprint density at radius 3 is 2.28 bits per heavy atom. The molecule has 0 bridgehead atoms. The number of nitrogens with one attached hydrogen (secondary N) is 1. The number of amides is 1. The topological polar surface area (TPSA) is 107 Å². The smallest absolute Gasteiger partial charge is 0.338 e. The number of carbonyl (C=O) groups excluding carboxylic acids is 1. The van der Waals surface area contributed by atoms with Gasteiger partial charge in [0, 0.05) is 0 Å². The Balaban J connectivity index is 1.68. The summed E-state index contributed by atoms with van der Waals surface area (Å²) >= 11 is 0. The first-order valence-electron chi connectivity index (χ1n) is 9.79. The minimum absolute atomic E-state index is 0.105. The Kier molecular flexibility index (Phi) is 5.08. The summed E-state index contributed by atoms with van der Waals surface area (Å²) in [6.45, 7) is 1.62. The zero-order valence-corrected chi connectivity index (χ0v) is 16.9. The number of aromatic carboxylic acids is 1. The van der Waals surface area contributed by atoms with Gasteiger partial charge in [0.1, 0.15) is 11.6 Å². The second-order valence-corrected chi connectivity index (χ2v) is 7.89. The zero-order chi connectivity index (χ0) is 23.2. The molecular weight excluding hydrogens is 420 g/mol. The summed E-state index contributed by atoms with van der Waals surface area (Å²) in [6, 6.07) is 10.3. The standard InChI is InChI=1S/C24H19F2NO5/c1-12-8-18(26)19(11-15(12)13-2-4-17(25)16(9-13)22(30)31)27-23(32)24(6-7-24)14-3-5-20(28)21(29)10-14/h2-5,8-11,28-29H,6-7H2,1H3,(H,27,32)(H,30,31). The number of rotatable bonds is 5. The van der Waals surface area contributed by atoms with E-state index in [2.05, 4.69) is 5.32 Å². The van der Waals surface area contributed by atoms with Gasteiger partial charge in [0.05, 0.1) is 16.7 Å². The molecule has 32 heavy (non-hydrogen) atoms. The molecule has 0 aliphatic heterocycles. The number of carboxylic acid groups (broad SMARTS) is 1. The molecule has 4 N–H and O–H groups in total. The monoisotopic (exact) mass is 439 g/mol. The van der Waals surface area contributed by atoms with Crippen molar-refractivity contribution in [1.29, 1.82) is 0 Å². The number of halogens is 2. The van der Waals surface area contributed by atoms with Crippen LogP contribution in [0.5, 0.6) is 11.5 Å². The molecule has 164 valence electrons. The molecule has 0 radical (unpaired) electrons. The van der Waals surface area contributed by atoms with Crippen LogP contribution in [0.15, 0.2) is 48.5 Å². The van der Waals surface area contributed by atoms with Crippen molar-refractivity contribution in [3.05, 3.63) is 76.9 Å². The average Bonchev–Trinajstić information content (AvgIpc) is 3.54. The number of anilines is 1. The lowest BCUT2D eigenvalue weighted by molar-refractivity contribution is -0.118. The highest BCUT2D eigenvalue weighted by Gasteiger charge is 2.51. The van der Waals surface area contributed by atoms with E-state index in [9.17, 15) is 33.7 Å². The van der Waals surface area contributed by atoms with E-state index in [0.717, 1.165) is 12.1 Å². The normalized spacial score (nSPS) is 14.1. The Morgan fingerprint density at radius 2 is 1.66 bits per heavy atom. The molecule has 8 heteroatoms. The van der Waals surface area contributed by atoms with Gasteiger partial charge in [-0.15, -0.1) is 0 Å². The third kappa shape index (κ3) is 3.64. The van der Waals surface area contributed by atoms with Gasteiger partial charge in [-0.1, -0.05) is 12.1 Å². The van der Waals surface area contributed by atoms with E-state index in [0.29, 0.717) is 35.1 Å². The van der Waals surface area contributed by atoms with Crippen molar-refractivity contribution in [2.24, 2.45) is 0 Å². The first-order valence-corrected chi connectivity index (χ1v) is 9.79. The molecule has 3 aromatic rings. The van der Waals surface area contributed by atoms with Crippen LogP contribution in [0.2, 0.25) is 0 Å². The molecule has 1 amide bonds. The maximum absolute atomic E-state index is 14.7. The Labute approximate surface area is 181 Å². The zero-order valence-electron chi connectivity index (χ0n) is 16.9. The second-order valence-electron chi connectivity index (χ2n) is 7.89. The summed E-state index contributed by atoms with van der Waals surface area (Å²) in [7, 11) is 0. The van der Waals surface area contributed by atoms with Gasteiger partial charge in [-0.25, -0.2) is 13.6 Å². The van der Waals surface area contributed by atoms with Crippen molar-refractivity contribution in [1.82, 2.24) is 0 Å². The molecule has 0 atom stereocenters. The molecule has 0 unspecified atom stereocenters. The van der Waals surface area contributed by atoms with Crippen molar-refractivity contribution in [3.8, 4) is 22.6 Å². The minimum Gasteiger partial charge on any atom is -0.504 e. The predicted molar refractivity (Wildman–Crippen MR) is 113 cm³/mol. The fourth-order valence-corrected chi connectivity index (χ4v) is 3.77. The fourth-order valence-electron chi connectivity index (χ4n) is 3.77. The predicted octanol–water partition coefficient (Wildman–Crippen LogP) is 4.72. The summed E-state index contributed by atoms with van der Waals surface area (Å²) in [6.07, 6.45) is 0.979. The number of benzene rings is 3. The maximum atomic E-state index is 14.7. The van der Waals surface area contributed by atoms with Gasteiger partial charge in [0.15, 0.2) is 11.5 Å². The molecule has 1 aliphatic rings. The van der Waals surface area contributed by atoms with Gasteiger partial charge in [-0.3, -0.25) is 4.79 Å². The van der Waals surface area contributed by atoms with E-state index in [-0.39, 0.29) is 17.2 Å². The number of hydrogen-bond donors (Lipinski definition) is 4. The molecule has 3 aromatic carbocycles. The number of aromatic hydroxyl groups is 2. The summed E-state index contributed by atoms with van der Waals surface area (Å²) < 4.78 is 28.4. The summed E-state index contributed by atoms with van der Waals surface area (Å²) in [5.74, 6) is -4.12. The van der Waals surface area contributed by atoms with Gasteiger partial charge in [0.2, 0.25) is 5.91 Å². The summed E-state index contributed by atoms with van der Waals surface area (Å²) in [5.41, 5.74) is 0.218. The van der Waals surface area contributed by atoms with Crippen molar-refractivity contribution in [2.45, 2.75) is 25.2 Å². The van der Waals surface area contributed by atoms with E-state index in [1.165, 1.54) is 36.4 Å². The number of phenols is 2. The number of carbonyl (C=O) groups is 2. The fraction of sp³-hybridized carbons (Fsp3) is 0.167. The van der Waals surface area contributed by atoms with Crippen LogP contribution in [0.25, 0.3) is 11.1 Å². The lowest BCUT2D eigenvalue weighted by Gasteiger charge is -2.18. The molecule has 0 saturated heterocycles. The first-order chi connectivity index (χ1) is 15.1. The highest BCUT2D eigenvalue weighted by atomic mass is 19.1. The molecule has 1 fully saturated rings. The Hall–Kier alpha value is -3.94. The molecule has 1 saturated carbocycles. The first kappa shape index (κ1) is 21.3. The quantitative estimate of drug-likeness (QED) is 0.431. The Morgan fingerprint density at radius 1 is 0.938 bits per heavy atom. The largest absolute Gasteiger partial charge is 0.504 e.